The molecule has 5 heteroatoms. The Morgan fingerprint density at radius 2 is 1.52 bits per heavy atom. The predicted molar refractivity (Wildman–Crippen MR) is 83.3 cm³/mol. The fourth-order valence-electron chi connectivity index (χ4n) is 1.77. The maximum atomic E-state index is 12.0. The number of amides is 3. The Hall–Kier alpha value is -2.82. The van der Waals surface area contributed by atoms with Crippen molar-refractivity contribution < 1.29 is 9.59 Å². The van der Waals surface area contributed by atoms with Gasteiger partial charge in [0.1, 0.15) is 0 Å². The molecule has 0 saturated heterocycles. The van der Waals surface area contributed by atoms with E-state index in [1.165, 1.54) is 4.90 Å². The molecule has 2 N–H and O–H groups in total. The summed E-state index contributed by atoms with van der Waals surface area (Å²) in [6, 6.07) is 17.9. The number of nitrogens with zero attached hydrogens (tertiary/aromatic N) is 1. The number of urea groups is 1. The third-order valence-electron chi connectivity index (χ3n) is 2.95. The Bertz CT molecular complexity index is 599. The molecule has 5 nitrogen and oxygen atoms in total. The number of rotatable bonds is 4. The summed E-state index contributed by atoms with van der Waals surface area (Å²) in [6.45, 7) is -0.0654. The molecule has 0 aromatic heterocycles. The molecule has 0 unspecified atom stereocenters. The van der Waals surface area contributed by atoms with E-state index in [0.29, 0.717) is 5.69 Å². The van der Waals surface area contributed by atoms with Crippen molar-refractivity contribution in [2.45, 2.75) is 0 Å². The maximum Gasteiger partial charge on any atom is 0.319 e. The number of para-hydroxylation sites is 2. The zero-order valence-corrected chi connectivity index (χ0v) is 11.7. The van der Waals surface area contributed by atoms with Gasteiger partial charge in [-0.25, -0.2) is 4.79 Å². The van der Waals surface area contributed by atoms with E-state index in [2.05, 4.69) is 10.6 Å². The lowest BCUT2D eigenvalue weighted by Gasteiger charge is -2.17. The van der Waals surface area contributed by atoms with Crippen molar-refractivity contribution in [3.8, 4) is 0 Å². The van der Waals surface area contributed by atoms with Crippen molar-refractivity contribution >= 4 is 23.3 Å². The first kappa shape index (κ1) is 14.6. The first-order valence-corrected chi connectivity index (χ1v) is 6.58. The molecule has 2 aromatic rings. The maximum absolute atomic E-state index is 12.0. The van der Waals surface area contributed by atoms with E-state index in [1.54, 1.807) is 19.2 Å². The highest BCUT2D eigenvalue weighted by molar-refractivity contribution is 5.98. The molecule has 108 valence electrons. The van der Waals surface area contributed by atoms with E-state index < -0.39 is 6.03 Å². The summed E-state index contributed by atoms with van der Waals surface area (Å²) in [5.74, 6) is -0.190. The molecule has 0 aliphatic heterocycles. The van der Waals surface area contributed by atoms with Crippen molar-refractivity contribution in [1.82, 2.24) is 5.32 Å². The third kappa shape index (κ3) is 4.35. The summed E-state index contributed by atoms with van der Waals surface area (Å²) in [6.07, 6.45) is 0. The molecule has 0 radical (unpaired) electrons. The molecule has 0 spiro atoms. The van der Waals surface area contributed by atoms with Gasteiger partial charge >= 0.3 is 6.03 Å². The van der Waals surface area contributed by atoms with Crippen LogP contribution in [-0.2, 0) is 4.79 Å². The minimum Gasteiger partial charge on any atom is -0.329 e. The van der Waals surface area contributed by atoms with Gasteiger partial charge in [0, 0.05) is 18.4 Å². The molecular weight excluding hydrogens is 266 g/mol. The number of likely N-dealkylation sites (N-methyl/N-ethyl adjacent to an activating group) is 1. The van der Waals surface area contributed by atoms with Crippen LogP contribution in [0.1, 0.15) is 0 Å². The van der Waals surface area contributed by atoms with E-state index in [9.17, 15) is 9.59 Å². The van der Waals surface area contributed by atoms with Crippen LogP contribution in [0.4, 0.5) is 16.2 Å². The van der Waals surface area contributed by atoms with Crippen molar-refractivity contribution in [3.05, 3.63) is 60.7 Å². The predicted octanol–water partition coefficient (Wildman–Crippen LogP) is 2.47. The van der Waals surface area contributed by atoms with Gasteiger partial charge in [-0.05, 0) is 24.3 Å². The fourth-order valence-corrected chi connectivity index (χ4v) is 1.77. The van der Waals surface area contributed by atoms with E-state index in [4.69, 9.17) is 0 Å². The molecule has 0 fully saturated rings. The van der Waals surface area contributed by atoms with Gasteiger partial charge in [0.25, 0.3) is 0 Å². The lowest BCUT2D eigenvalue weighted by Crippen LogP contribution is -2.39. The van der Waals surface area contributed by atoms with Gasteiger partial charge in [-0.1, -0.05) is 36.4 Å². The van der Waals surface area contributed by atoms with Crippen LogP contribution >= 0.6 is 0 Å². The minimum atomic E-state index is -0.406. The quantitative estimate of drug-likeness (QED) is 0.905. The van der Waals surface area contributed by atoms with Gasteiger partial charge in [-0.15, -0.1) is 0 Å². The molecule has 2 aromatic carbocycles. The fraction of sp³-hybridized carbons (Fsp3) is 0.125. The van der Waals surface area contributed by atoms with Crippen LogP contribution in [0.3, 0.4) is 0 Å². The van der Waals surface area contributed by atoms with Crippen LogP contribution in [0.2, 0.25) is 0 Å². The van der Waals surface area contributed by atoms with E-state index in [1.807, 2.05) is 48.5 Å². The highest BCUT2D eigenvalue weighted by atomic mass is 16.2. The van der Waals surface area contributed by atoms with E-state index in [0.717, 1.165) is 5.69 Å². The second-order valence-electron chi connectivity index (χ2n) is 4.46. The second kappa shape index (κ2) is 7.09. The highest BCUT2D eigenvalue weighted by Gasteiger charge is 2.11. The highest BCUT2D eigenvalue weighted by Crippen LogP contribution is 2.10. The number of anilines is 2. The average Bonchev–Trinajstić information content (AvgIpc) is 2.53. The van der Waals surface area contributed by atoms with Crippen LogP contribution in [0.25, 0.3) is 0 Å². The first-order valence-electron chi connectivity index (χ1n) is 6.58. The Labute approximate surface area is 123 Å². The Morgan fingerprint density at radius 1 is 0.952 bits per heavy atom. The monoisotopic (exact) mass is 283 g/mol. The summed E-state index contributed by atoms with van der Waals surface area (Å²) >= 11 is 0. The topological polar surface area (TPSA) is 61.4 Å². The summed E-state index contributed by atoms with van der Waals surface area (Å²) < 4.78 is 0. The smallest absolute Gasteiger partial charge is 0.319 e. The summed E-state index contributed by atoms with van der Waals surface area (Å²) in [4.78, 5) is 25.2. The third-order valence-corrected chi connectivity index (χ3v) is 2.95. The number of hydrogen-bond acceptors (Lipinski definition) is 2. The zero-order valence-electron chi connectivity index (χ0n) is 11.7. The number of carbonyl (C=O) groups is 2. The molecule has 0 aliphatic rings. The molecule has 0 atom stereocenters. The molecule has 0 saturated carbocycles. The Kier molecular flexibility index (Phi) is 4.93. The van der Waals surface area contributed by atoms with E-state index in [-0.39, 0.29) is 12.5 Å². The average molecular weight is 283 g/mol. The lowest BCUT2D eigenvalue weighted by molar-refractivity contribution is -0.117. The number of hydrogen-bond donors (Lipinski definition) is 2. The number of benzene rings is 2. The lowest BCUT2D eigenvalue weighted by atomic mass is 10.3. The number of carbonyl (C=O) groups excluding carboxylic acids is 2. The van der Waals surface area contributed by atoms with Crippen LogP contribution < -0.4 is 15.5 Å². The molecular formula is C16H17N3O2. The van der Waals surface area contributed by atoms with Gasteiger partial charge in [0.15, 0.2) is 0 Å². The Morgan fingerprint density at radius 3 is 2.14 bits per heavy atom. The van der Waals surface area contributed by atoms with Crippen LogP contribution in [0.5, 0.6) is 0 Å². The standard InChI is InChI=1S/C16H17N3O2/c1-19(14-10-6-3-7-11-14)15(20)12-17-16(21)18-13-8-4-2-5-9-13/h2-11H,12H2,1H3,(H2,17,18,21). The Balaban J connectivity index is 1.82. The largest absolute Gasteiger partial charge is 0.329 e. The van der Waals surface area contributed by atoms with Crippen molar-refractivity contribution in [3.63, 3.8) is 0 Å². The van der Waals surface area contributed by atoms with Gasteiger partial charge < -0.3 is 15.5 Å². The second-order valence-corrected chi connectivity index (χ2v) is 4.46. The molecule has 3 amide bonds. The molecule has 0 aliphatic carbocycles. The van der Waals surface area contributed by atoms with Crippen molar-refractivity contribution in [2.24, 2.45) is 0 Å². The first-order chi connectivity index (χ1) is 10.2. The zero-order chi connectivity index (χ0) is 15.1. The normalized spacial score (nSPS) is 9.76. The number of nitrogens with one attached hydrogen (secondary N) is 2. The van der Waals surface area contributed by atoms with Crippen LogP contribution in [-0.4, -0.2) is 25.5 Å². The van der Waals surface area contributed by atoms with Crippen molar-refractivity contribution in [1.29, 1.82) is 0 Å². The molecule has 0 heterocycles. The van der Waals surface area contributed by atoms with Gasteiger partial charge in [-0.3, -0.25) is 4.79 Å². The van der Waals surface area contributed by atoms with Gasteiger partial charge in [-0.2, -0.15) is 0 Å². The summed E-state index contributed by atoms with van der Waals surface area (Å²) in [5, 5.41) is 5.20. The van der Waals surface area contributed by atoms with Crippen LogP contribution in [0, 0.1) is 0 Å². The molecule has 0 bridgehead atoms. The van der Waals surface area contributed by atoms with Crippen LogP contribution in [0.15, 0.2) is 60.7 Å². The summed E-state index contributed by atoms with van der Waals surface area (Å²) in [5.41, 5.74) is 1.46. The van der Waals surface area contributed by atoms with Gasteiger partial charge in [0.2, 0.25) is 5.91 Å². The minimum absolute atomic E-state index is 0.0654. The SMILES string of the molecule is CN(C(=O)CNC(=O)Nc1ccccc1)c1ccccc1. The summed E-state index contributed by atoms with van der Waals surface area (Å²) in [7, 11) is 1.68. The molecule has 2 rings (SSSR count). The van der Waals surface area contributed by atoms with Crippen molar-refractivity contribution in [2.75, 3.05) is 23.8 Å². The van der Waals surface area contributed by atoms with Gasteiger partial charge in [0.05, 0.1) is 6.54 Å². The molecule has 21 heavy (non-hydrogen) atoms. The van der Waals surface area contributed by atoms with E-state index >= 15 is 0 Å².